The highest BCUT2D eigenvalue weighted by atomic mass is 32.2. The van der Waals surface area contributed by atoms with Crippen LogP contribution in [0.5, 0.6) is 5.75 Å². The van der Waals surface area contributed by atoms with Crippen LogP contribution in [0.25, 0.3) is 0 Å². The number of thioether (sulfide) groups is 1. The number of aliphatic carboxylic acids is 1. The van der Waals surface area contributed by atoms with Gasteiger partial charge in [-0.15, -0.1) is 5.92 Å². The SMILES string of the molecule is CC#CCOc1ccc(S(=O)(=O)N2CCSC(C)(C)C2C(=O)O)cc1.NO. The molecule has 1 aliphatic heterocycles. The van der Waals surface area contributed by atoms with E-state index in [-0.39, 0.29) is 18.0 Å². The van der Waals surface area contributed by atoms with Gasteiger partial charge < -0.3 is 15.1 Å². The third-order valence-electron chi connectivity index (χ3n) is 3.88. The highest BCUT2D eigenvalue weighted by Gasteiger charge is 2.48. The molecule has 150 valence electrons. The first-order valence-corrected chi connectivity index (χ1v) is 10.4. The van der Waals surface area contributed by atoms with Crippen LogP contribution in [0.3, 0.4) is 0 Å². The fraction of sp³-hybridized carbons (Fsp3) is 0.471. The van der Waals surface area contributed by atoms with Gasteiger partial charge in [-0.05, 0) is 45.0 Å². The first-order chi connectivity index (χ1) is 12.7. The molecule has 0 aromatic heterocycles. The van der Waals surface area contributed by atoms with Crippen LogP contribution in [0.15, 0.2) is 29.2 Å². The molecule has 1 saturated heterocycles. The van der Waals surface area contributed by atoms with E-state index in [9.17, 15) is 18.3 Å². The fourth-order valence-corrected chi connectivity index (χ4v) is 5.76. The van der Waals surface area contributed by atoms with Gasteiger partial charge in [-0.2, -0.15) is 16.1 Å². The Kier molecular flexibility index (Phi) is 8.59. The largest absolute Gasteiger partial charge is 0.481 e. The molecule has 1 aromatic rings. The van der Waals surface area contributed by atoms with Gasteiger partial charge in [0.05, 0.1) is 4.90 Å². The molecule has 1 unspecified atom stereocenters. The van der Waals surface area contributed by atoms with Crippen molar-refractivity contribution >= 4 is 27.8 Å². The molecule has 4 N–H and O–H groups in total. The number of benzene rings is 1. The number of rotatable bonds is 5. The van der Waals surface area contributed by atoms with Crippen molar-refractivity contribution in [1.29, 1.82) is 0 Å². The van der Waals surface area contributed by atoms with Crippen molar-refractivity contribution in [3.63, 3.8) is 0 Å². The molecule has 1 atom stereocenters. The minimum atomic E-state index is -3.91. The van der Waals surface area contributed by atoms with Crippen LogP contribution >= 0.6 is 11.8 Å². The van der Waals surface area contributed by atoms with Crippen molar-refractivity contribution in [1.82, 2.24) is 4.31 Å². The zero-order valence-corrected chi connectivity index (χ0v) is 17.0. The molecule has 0 aliphatic carbocycles. The minimum absolute atomic E-state index is 0.0513. The monoisotopic (exact) mass is 416 g/mol. The molecular formula is C17H24N2O6S2. The van der Waals surface area contributed by atoms with Gasteiger partial charge in [0.25, 0.3) is 0 Å². The number of sulfonamides is 1. The second kappa shape index (κ2) is 9.96. The van der Waals surface area contributed by atoms with Gasteiger partial charge in [-0.25, -0.2) is 14.3 Å². The van der Waals surface area contributed by atoms with Gasteiger partial charge in [0.15, 0.2) is 0 Å². The van der Waals surface area contributed by atoms with E-state index in [2.05, 4.69) is 17.7 Å². The van der Waals surface area contributed by atoms with Crippen LogP contribution < -0.4 is 10.6 Å². The van der Waals surface area contributed by atoms with Crippen molar-refractivity contribution in [2.24, 2.45) is 5.90 Å². The molecule has 0 bridgehead atoms. The van der Waals surface area contributed by atoms with Gasteiger partial charge >= 0.3 is 5.97 Å². The summed E-state index contributed by atoms with van der Waals surface area (Å²) in [5, 5.41) is 16.1. The summed E-state index contributed by atoms with van der Waals surface area (Å²) in [5.74, 6) is 8.87. The van der Waals surface area contributed by atoms with Crippen molar-refractivity contribution in [2.75, 3.05) is 18.9 Å². The number of ether oxygens (including phenoxy) is 1. The third kappa shape index (κ3) is 5.60. The molecule has 8 nitrogen and oxygen atoms in total. The highest BCUT2D eigenvalue weighted by Crippen LogP contribution is 2.38. The quantitative estimate of drug-likeness (QED) is 0.485. The number of nitrogens with two attached hydrogens (primary N) is 1. The Morgan fingerprint density at radius 1 is 1.37 bits per heavy atom. The van der Waals surface area contributed by atoms with Crippen LogP contribution in [0.4, 0.5) is 0 Å². The lowest BCUT2D eigenvalue weighted by Gasteiger charge is -2.42. The maximum absolute atomic E-state index is 13.0. The molecule has 0 spiro atoms. The van der Waals surface area contributed by atoms with Crippen LogP contribution in [-0.2, 0) is 14.8 Å². The maximum Gasteiger partial charge on any atom is 0.323 e. The predicted molar refractivity (Wildman–Crippen MR) is 103 cm³/mol. The summed E-state index contributed by atoms with van der Waals surface area (Å²) in [6, 6.07) is 4.83. The van der Waals surface area contributed by atoms with Crippen molar-refractivity contribution in [3.8, 4) is 17.6 Å². The summed E-state index contributed by atoms with van der Waals surface area (Å²) >= 11 is 1.47. The third-order valence-corrected chi connectivity index (χ3v) is 7.12. The number of hydrogen-bond donors (Lipinski definition) is 3. The van der Waals surface area contributed by atoms with E-state index in [0.717, 1.165) is 4.31 Å². The Balaban J connectivity index is 0.00000176. The Bertz CT molecular complexity index is 797. The van der Waals surface area contributed by atoms with Gasteiger partial charge in [0.2, 0.25) is 10.0 Å². The second-order valence-corrected chi connectivity index (χ2v) is 9.63. The average Bonchev–Trinajstić information content (AvgIpc) is 2.62. The lowest BCUT2D eigenvalue weighted by Crippen LogP contribution is -2.58. The summed E-state index contributed by atoms with van der Waals surface area (Å²) in [6.07, 6.45) is 0. The van der Waals surface area contributed by atoms with Gasteiger partial charge in [-0.3, -0.25) is 4.79 Å². The Morgan fingerprint density at radius 3 is 2.48 bits per heavy atom. The molecule has 2 rings (SSSR count). The average molecular weight is 417 g/mol. The highest BCUT2D eigenvalue weighted by molar-refractivity contribution is 8.00. The fourth-order valence-electron chi connectivity index (χ4n) is 2.67. The molecule has 10 heteroatoms. The van der Waals surface area contributed by atoms with Crippen LogP contribution in [-0.4, -0.2) is 58.7 Å². The molecule has 27 heavy (non-hydrogen) atoms. The van der Waals surface area contributed by atoms with Gasteiger partial charge in [-0.1, -0.05) is 5.92 Å². The van der Waals surface area contributed by atoms with E-state index < -0.39 is 26.8 Å². The molecule has 1 heterocycles. The molecule has 0 amide bonds. The summed E-state index contributed by atoms with van der Waals surface area (Å²) < 4.78 is 31.7. The normalized spacial score (nSPS) is 19.1. The molecule has 0 radical (unpaired) electrons. The van der Waals surface area contributed by atoms with Crippen LogP contribution in [0.1, 0.15) is 20.8 Å². The Morgan fingerprint density at radius 2 is 1.96 bits per heavy atom. The van der Waals surface area contributed by atoms with Gasteiger partial charge in [0, 0.05) is 17.0 Å². The van der Waals surface area contributed by atoms with E-state index in [1.165, 1.54) is 23.9 Å². The lowest BCUT2D eigenvalue weighted by molar-refractivity contribution is -0.142. The van der Waals surface area contributed by atoms with E-state index in [0.29, 0.717) is 11.5 Å². The predicted octanol–water partition coefficient (Wildman–Crippen LogP) is 1.39. The topological polar surface area (TPSA) is 130 Å². The molecule has 1 fully saturated rings. The van der Waals surface area contributed by atoms with E-state index in [4.69, 9.17) is 9.94 Å². The first kappa shape index (κ1) is 23.3. The second-order valence-electron chi connectivity index (χ2n) is 6.00. The van der Waals surface area contributed by atoms with E-state index in [1.54, 1.807) is 32.9 Å². The van der Waals surface area contributed by atoms with Crippen molar-refractivity contribution < 1.29 is 28.3 Å². The van der Waals surface area contributed by atoms with Crippen LogP contribution in [0, 0.1) is 11.8 Å². The van der Waals surface area contributed by atoms with Crippen molar-refractivity contribution in [2.45, 2.75) is 36.5 Å². The lowest BCUT2D eigenvalue weighted by atomic mass is 10.0. The molecule has 1 aromatic carbocycles. The Labute approximate surface area is 163 Å². The minimum Gasteiger partial charge on any atom is -0.481 e. The summed E-state index contributed by atoms with van der Waals surface area (Å²) in [7, 11) is -3.91. The number of hydrogen-bond acceptors (Lipinski definition) is 7. The van der Waals surface area contributed by atoms with E-state index in [1.807, 2.05) is 0 Å². The number of carbonyl (C=O) groups is 1. The summed E-state index contributed by atoms with van der Waals surface area (Å²) in [6.45, 7) is 5.60. The zero-order chi connectivity index (χ0) is 20.7. The maximum atomic E-state index is 13.0. The smallest absolute Gasteiger partial charge is 0.323 e. The molecule has 1 aliphatic rings. The van der Waals surface area contributed by atoms with E-state index >= 15 is 0 Å². The van der Waals surface area contributed by atoms with Crippen LogP contribution in [0.2, 0.25) is 0 Å². The number of nitrogens with zero attached hydrogens (tertiary/aromatic N) is 1. The summed E-state index contributed by atoms with van der Waals surface area (Å²) in [5.41, 5.74) is 0. The zero-order valence-electron chi connectivity index (χ0n) is 15.4. The number of carboxylic acids is 1. The first-order valence-electron chi connectivity index (χ1n) is 7.97. The number of carboxylic acid groups (broad SMARTS) is 1. The standard InChI is InChI=1S/C17H21NO5S2.H3NO/c1-4-5-11-23-13-6-8-14(9-7-13)25(21,22)18-10-12-24-17(2,3)15(18)16(19)20;1-2/h6-9,15H,10-12H2,1-3H3,(H,19,20);2H,1H2. The molecular weight excluding hydrogens is 392 g/mol. The van der Waals surface area contributed by atoms with Gasteiger partial charge in [0.1, 0.15) is 18.4 Å². The molecule has 0 saturated carbocycles. The summed E-state index contributed by atoms with van der Waals surface area (Å²) in [4.78, 5) is 11.8. The van der Waals surface area contributed by atoms with Crippen molar-refractivity contribution in [3.05, 3.63) is 24.3 Å². The Hall–Kier alpha value is -1.77.